The van der Waals surface area contributed by atoms with Crippen LogP contribution in [0.1, 0.15) is 29.5 Å². The lowest BCUT2D eigenvalue weighted by atomic mass is 10.3. The minimum absolute atomic E-state index is 0.0438. The maximum atomic E-state index is 12.1. The van der Waals surface area contributed by atoms with Crippen LogP contribution in [0.3, 0.4) is 0 Å². The number of carbonyl (C=O) groups excluding carboxylic acids is 2. The van der Waals surface area contributed by atoms with E-state index in [0.717, 1.165) is 18.7 Å². The normalized spacial score (nSPS) is 10.5. The van der Waals surface area contributed by atoms with Crippen molar-refractivity contribution in [2.45, 2.75) is 33.4 Å². The van der Waals surface area contributed by atoms with Crippen molar-refractivity contribution in [2.24, 2.45) is 0 Å². The van der Waals surface area contributed by atoms with Crippen molar-refractivity contribution in [2.75, 3.05) is 13.1 Å². The van der Waals surface area contributed by atoms with Crippen LogP contribution in [0, 0.1) is 6.92 Å². The van der Waals surface area contributed by atoms with E-state index in [1.165, 1.54) is 0 Å². The summed E-state index contributed by atoms with van der Waals surface area (Å²) in [6, 6.07) is 1.71. The highest BCUT2D eigenvalue weighted by molar-refractivity contribution is 5.95. The van der Waals surface area contributed by atoms with Gasteiger partial charge in [0.05, 0.1) is 18.6 Å². The summed E-state index contributed by atoms with van der Waals surface area (Å²) >= 11 is 0. The van der Waals surface area contributed by atoms with Crippen LogP contribution in [-0.2, 0) is 17.9 Å². The molecule has 2 N–H and O–H groups in total. The Balaban J connectivity index is 1.68. The largest absolute Gasteiger partial charge is 0.355 e. The summed E-state index contributed by atoms with van der Waals surface area (Å²) in [5.41, 5.74) is 1.25. The fourth-order valence-electron chi connectivity index (χ4n) is 2.19. The molecular weight excluding hydrogens is 296 g/mol. The van der Waals surface area contributed by atoms with E-state index in [4.69, 9.17) is 0 Å². The van der Waals surface area contributed by atoms with Crippen molar-refractivity contribution in [1.82, 2.24) is 30.0 Å². The number of hydrogen-bond acceptors (Lipinski definition) is 4. The molecule has 8 heteroatoms. The Morgan fingerprint density at radius 2 is 2.13 bits per heavy atom. The Morgan fingerprint density at radius 3 is 2.83 bits per heavy atom. The summed E-state index contributed by atoms with van der Waals surface area (Å²) in [4.78, 5) is 27.7. The fraction of sp³-hybridized carbons (Fsp3) is 0.467. The molecule has 8 nitrogen and oxygen atoms in total. The van der Waals surface area contributed by atoms with Crippen LogP contribution in [0.2, 0.25) is 0 Å². The zero-order chi connectivity index (χ0) is 16.7. The molecule has 0 atom stereocenters. The molecule has 2 amide bonds. The van der Waals surface area contributed by atoms with Gasteiger partial charge in [0.15, 0.2) is 0 Å². The summed E-state index contributed by atoms with van der Waals surface area (Å²) in [5, 5.41) is 9.60. The number of nitrogens with zero attached hydrogens (tertiary/aromatic N) is 4. The maximum absolute atomic E-state index is 12.1. The number of hydrogen-bond donors (Lipinski definition) is 2. The van der Waals surface area contributed by atoms with Gasteiger partial charge < -0.3 is 15.2 Å². The van der Waals surface area contributed by atoms with Gasteiger partial charge >= 0.3 is 0 Å². The van der Waals surface area contributed by atoms with Gasteiger partial charge in [0.25, 0.3) is 5.91 Å². The SMILES string of the molecule is CCn1nc(C)cc1C(=O)NCC(=O)NCCCn1ccnc1. The van der Waals surface area contributed by atoms with Crippen molar-refractivity contribution in [3.8, 4) is 0 Å². The molecule has 0 fully saturated rings. The zero-order valence-electron chi connectivity index (χ0n) is 13.5. The first-order valence-corrected chi connectivity index (χ1v) is 7.65. The lowest BCUT2D eigenvalue weighted by Gasteiger charge is -2.08. The van der Waals surface area contributed by atoms with Gasteiger partial charge in [-0.2, -0.15) is 5.10 Å². The molecule has 2 aromatic rings. The van der Waals surface area contributed by atoms with E-state index in [9.17, 15) is 9.59 Å². The van der Waals surface area contributed by atoms with Crippen molar-refractivity contribution in [1.29, 1.82) is 0 Å². The molecule has 0 spiro atoms. The van der Waals surface area contributed by atoms with Gasteiger partial charge in [-0.1, -0.05) is 0 Å². The van der Waals surface area contributed by atoms with Crippen LogP contribution >= 0.6 is 0 Å². The number of aryl methyl sites for hydroxylation is 3. The molecule has 124 valence electrons. The topological polar surface area (TPSA) is 93.8 Å². The van der Waals surface area contributed by atoms with E-state index in [1.54, 1.807) is 23.3 Å². The molecule has 0 aliphatic heterocycles. The third-order valence-corrected chi connectivity index (χ3v) is 3.32. The predicted molar refractivity (Wildman–Crippen MR) is 84.8 cm³/mol. The first kappa shape index (κ1) is 16.7. The summed E-state index contributed by atoms with van der Waals surface area (Å²) < 4.78 is 3.57. The molecule has 0 bridgehead atoms. The van der Waals surface area contributed by atoms with Gasteiger partial charge in [-0.05, 0) is 26.3 Å². The molecule has 2 aromatic heterocycles. The number of carbonyl (C=O) groups is 2. The highest BCUT2D eigenvalue weighted by atomic mass is 16.2. The average Bonchev–Trinajstić information content (AvgIpc) is 3.18. The molecule has 0 aliphatic carbocycles. The van der Waals surface area contributed by atoms with E-state index < -0.39 is 0 Å². The molecule has 0 aromatic carbocycles. The van der Waals surface area contributed by atoms with Gasteiger partial charge in [0.2, 0.25) is 5.91 Å². The van der Waals surface area contributed by atoms with Gasteiger partial charge in [0, 0.05) is 32.0 Å². The molecular formula is C15H22N6O2. The third-order valence-electron chi connectivity index (χ3n) is 3.32. The van der Waals surface area contributed by atoms with Crippen LogP contribution in [0.5, 0.6) is 0 Å². The lowest BCUT2D eigenvalue weighted by molar-refractivity contribution is -0.120. The van der Waals surface area contributed by atoms with E-state index in [2.05, 4.69) is 20.7 Å². The molecule has 0 saturated heterocycles. The van der Waals surface area contributed by atoms with Crippen LogP contribution in [-0.4, -0.2) is 44.2 Å². The molecule has 0 aliphatic rings. The Labute approximate surface area is 134 Å². The summed E-state index contributed by atoms with van der Waals surface area (Å²) in [6.45, 7) is 5.65. The fourth-order valence-corrected chi connectivity index (χ4v) is 2.19. The highest BCUT2D eigenvalue weighted by Crippen LogP contribution is 2.03. The number of rotatable bonds is 8. The van der Waals surface area contributed by atoms with E-state index in [1.807, 2.05) is 24.6 Å². The van der Waals surface area contributed by atoms with Gasteiger partial charge in [-0.25, -0.2) is 4.98 Å². The molecule has 0 radical (unpaired) electrons. The van der Waals surface area contributed by atoms with Crippen LogP contribution in [0.25, 0.3) is 0 Å². The molecule has 2 heterocycles. The van der Waals surface area contributed by atoms with Crippen molar-refractivity contribution >= 4 is 11.8 Å². The highest BCUT2D eigenvalue weighted by Gasteiger charge is 2.13. The van der Waals surface area contributed by atoms with E-state index in [0.29, 0.717) is 18.8 Å². The Hall–Kier alpha value is -2.64. The quantitative estimate of drug-likeness (QED) is 0.687. The summed E-state index contributed by atoms with van der Waals surface area (Å²) in [5.74, 6) is -0.496. The van der Waals surface area contributed by atoms with Gasteiger partial charge in [0.1, 0.15) is 5.69 Å². The molecule has 0 saturated carbocycles. The number of nitrogens with one attached hydrogen (secondary N) is 2. The minimum atomic E-state index is -0.291. The molecule has 0 unspecified atom stereocenters. The average molecular weight is 318 g/mol. The second-order valence-electron chi connectivity index (χ2n) is 5.17. The summed E-state index contributed by atoms with van der Waals surface area (Å²) in [6.07, 6.45) is 6.14. The van der Waals surface area contributed by atoms with E-state index >= 15 is 0 Å². The van der Waals surface area contributed by atoms with Crippen LogP contribution in [0.15, 0.2) is 24.8 Å². The number of amides is 2. The summed E-state index contributed by atoms with van der Waals surface area (Å²) in [7, 11) is 0. The van der Waals surface area contributed by atoms with Crippen LogP contribution < -0.4 is 10.6 Å². The van der Waals surface area contributed by atoms with E-state index in [-0.39, 0.29) is 18.4 Å². The lowest BCUT2D eigenvalue weighted by Crippen LogP contribution is -2.38. The number of imidazole rings is 1. The standard InChI is InChI=1S/C15H22N6O2/c1-3-21-13(9-12(2)19-21)15(23)18-10-14(22)17-5-4-7-20-8-6-16-11-20/h6,8-9,11H,3-5,7,10H2,1-2H3,(H,17,22)(H,18,23). The van der Waals surface area contributed by atoms with Crippen molar-refractivity contribution in [3.63, 3.8) is 0 Å². The van der Waals surface area contributed by atoms with Crippen molar-refractivity contribution in [3.05, 3.63) is 36.2 Å². The second-order valence-corrected chi connectivity index (χ2v) is 5.17. The van der Waals surface area contributed by atoms with Gasteiger partial charge in [-0.3, -0.25) is 14.3 Å². The van der Waals surface area contributed by atoms with Crippen molar-refractivity contribution < 1.29 is 9.59 Å². The second kappa shape index (κ2) is 8.11. The Morgan fingerprint density at radius 1 is 1.30 bits per heavy atom. The third kappa shape index (κ3) is 4.94. The zero-order valence-corrected chi connectivity index (χ0v) is 13.5. The van der Waals surface area contributed by atoms with Crippen LogP contribution in [0.4, 0.5) is 0 Å². The predicted octanol–water partition coefficient (Wildman–Crippen LogP) is 0.344. The number of aromatic nitrogens is 4. The Kier molecular flexibility index (Phi) is 5.90. The minimum Gasteiger partial charge on any atom is -0.355 e. The smallest absolute Gasteiger partial charge is 0.269 e. The molecule has 23 heavy (non-hydrogen) atoms. The maximum Gasteiger partial charge on any atom is 0.269 e. The first-order valence-electron chi connectivity index (χ1n) is 7.65. The molecule has 2 rings (SSSR count). The Bertz CT molecular complexity index is 647. The first-order chi connectivity index (χ1) is 11.1. The monoisotopic (exact) mass is 318 g/mol. The van der Waals surface area contributed by atoms with Gasteiger partial charge in [-0.15, -0.1) is 0 Å².